The van der Waals surface area contributed by atoms with Crippen molar-refractivity contribution in [3.63, 3.8) is 0 Å². The van der Waals surface area contributed by atoms with Crippen LogP contribution in [0.25, 0.3) is 0 Å². The molecule has 2 aliphatic heterocycles. The SMILES string of the molecule is O=C(CC1CCOC1)N1CCOCC1. The van der Waals surface area contributed by atoms with Crippen LogP contribution in [0.5, 0.6) is 0 Å². The van der Waals surface area contributed by atoms with Gasteiger partial charge in [0.1, 0.15) is 0 Å². The van der Waals surface area contributed by atoms with Gasteiger partial charge in [0.25, 0.3) is 0 Å². The maximum atomic E-state index is 11.8. The molecule has 0 aromatic rings. The van der Waals surface area contributed by atoms with Crippen LogP contribution < -0.4 is 0 Å². The molecule has 2 rings (SSSR count). The summed E-state index contributed by atoms with van der Waals surface area (Å²) >= 11 is 0. The second kappa shape index (κ2) is 4.75. The molecule has 0 radical (unpaired) electrons. The fourth-order valence-electron chi connectivity index (χ4n) is 1.93. The fraction of sp³-hybridized carbons (Fsp3) is 0.900. The number of hydrogen-bond donors (Lipinski definition) is 0. The van der Waals surface area contributed by atoms with Crippen LogP contribution in [0, 0.1) is 5.92 Å². The van der Waals surface area contributed by atoms with Crippen molar-refractivity contribution in [1.82, 2.24) is 4.90 Å². The molecule has 1 unspecified atom stereocenters. The van der Waals surface area contributed by atoms with E-state index in [0.29, 0.717) is 25.6 Å². The van der Waals surface area contributed by atoms with Crippen LogP contribution in [0.15, 0.2) is 0 Å². The number of rotatable bonds is 2. The van der Waals surface area contributed by atoms with Gasteiger partial charge in [0.15, 0.2) is 0 Å². The summed E-state index contributed by atoms with van der Waals surface area (Å²) < 4.78 is 10.5. The van der Waals surface area contributed by atoms with E-state index >= 15 is 0 Å². The minimum Gasteiger partial charge on any atom is -0.381 e. The molecule has 2 aliphatic rings. The lowest BCUT2D eigenvalue weighted by molar-refractivity contribution is -0.136. The topological polar surface area (TPSA) is 38.8 Å². The van der Waals surface area contributed by atoms with E-state index in [1.54, 1.807) is 0 Å². The second-order valence-electron chi connectivity index (χ2n) is 3.93. The minimum absolute atomic E-state index is 0.267. The third kappa shape index (κ3) is 2.45. The third-order valence-corrected chi connectivity index (χ3v) is 2.85. The van der Waals surface area contributed by atoms with Crippen molar-refractivity contribution < 1.29 is 14.3 Å². The highest BCUT2D eigenvalue weighted by Crippen LogP contribution is 2.17. The molecule has 2 heterocycles. The molecule has 0 N–H and O–H groups in total. The molecule has 80 valence electrons. The Morgan fingerprint density at radius 3 is 2.64 bits per heavy atom. The number of carbonyl (C=O) groups excluding carboxylic acids is 1. The van der Waals surface area contributed by atoms with Gasteiger partial charge in [0.05, 0.1) is 13.2 Å². The Balaban J connectivity index is 1.75. The Kier molecular flexibility index (Phi) is 3.37. The molecule has 4 nitrogen and oxygen atoms in total. The van der Waals surface area contributed by atoms with Crippen LogP contribution in [0.3, 0.4) is 0 Å². The van der Waals surface area contributed by atoms with Crippen molar-refractivity contribution in [1.29, 1.82) is 0 Å². The van der Waals surface area contributed by atoms with Crippen LogP contribution in [0.2, 0.25) is 0 Å². The molecule has 0 aromatic heterocycles. The van der Waals surface area contributed by atoms with E-state index < -0.39 is 0 Å². The van der Waals surface area contributed by atoms with Crippen molar-refractivity contribution in [3.8, 4) is 0 Å². The second-order valence-corrected chi connectivity index (χ2v) is 3.93. The van der Waals surface area contributed by atoms with Gasteiger partial charge in [-0.3, -0.25) is 4.79 Å². The zero-order valence-corrected chi connectivity index (χ0v) is 8.41. The van der Waals surface area contributed by atoms with E-state index in [4.69, 9.17) is 9.47 Å². The van der Waals surface area contributed by atoms with Gasteiger partial charge in [0, 0.05) is 32.7 Å². The van der Waals surface area contributed by atoms with Gasteiger partial charge in [0.2, 0.25) is 5.91 Å². The predicted molar refractivity (Wildman–Crippen MR) is 50.9 cm³/mol. The van der Waals surface area contributed by atoms with Crippen molar-refractivity contribution in [2.24, 2.45) is 5.92 Å². The van der Waals surface area contributed by atoms with E-state index in [9.17, 15) is 4.79 Å². The smallest absolute Gasteiger partial charge is 0.223 e. The Morgan fingerprint density at radius 2 is 2.00 bits per heavy atom. The molecule has 2 saturated heterocycles. The van der Waals surface area contributed by atoms with Gasteiger partial charge in [-0.05, 0) is 12.3 Å². The molecule has 2 fully saturated rings. The van der Waals surface area contributed by atoms with Crippen molar-refractivity contribution in [2.75, 3.05) is 39.5 Å². The Morgan fingerprint density at radius 1 is 1.21 bits per heavy atom. The zero-order chi connectivity index (χ0) is 9.80. The highest BCUT2D eigenvalue weighted by molar-refractivity contribution is 5.76. The molecule has 4 heteroatoms. The molecule has 1 amide bonds. The summed E-state index contributed by atoms with van der Waals surface area (Å²) in [6.07, 6.45) is 1.69. The van der Waals surface area contributed by atoms with Crippen LogP contribution in [-0.2, 0) is 14.3 Å². The van der Waals surface area contributed by atoms with E-state index in [2.05, 4.69) is 0 Å². The summed E-state index contributed by atoms with van der Waals surface area (Å²) in [5.41, 5.74) is 0. The number of ether oxygens (including phenoxy) is 2. The van der Waals surface area contributed by atoms with Crippen LogP contribution >= 0.6 is 0 Å². The molecular formula is C10H17NO3. The number of hydrogen-bond acceptors (Lipinski definition) is 3. The van der Waals surface area contributed by atoms with Gasteiger partial charge in [-0.1, -0.05) is 0 Å². The molecule has 0 saturated carbocycles. The van der Waals surface area contributed by atoms with Gasteiger partial charge in [-0.25, -0.2) is 0 Å². The number of amides is 1. The summed E-state index contributed by atoms with van der Waals surface area (Å²) in [5.74, 6) is 0.717. The monoisotopic (exact) mass is 199 g/mol. The van der Waals surface area contributed by atoms with E-state index in [-0.39, 0.29) is 5.91 Å². The van der Waals surface area contributed by atoms with E-state index in [1.165, 1.54) is 0 Å². The lowest BCUT2D eigenvalue weighted by Crippen LogP contribution is -2.41. The highest BCUT2D eigenvalue weighted by atomic mass is 16.5. The summed E-state index contributed by atoms with van der Waals surface area (Å²) in [6.45, 7) is 4.47. The largest absolute Gasteiger partial charge is 0.381 e. The van der Waals surface area contributed by atoms with Gasteiger partial charge < -0.3 is 14.4 Å². The molecular weight excluding hydrogens is 182 g/mol. The number of carbonyl (C=O) groups is 1. The molecule has 1 atom stereocenters. The van der Waals surface area contributed by atoms with Gasteiger partial charge >= 0.3 is 0 Å². The number of morpholine rings is 1. The first-order valence-corrected chi connectivity index (χ1v) is 5.29. The molecule has 14 heavy (non-hydrogen) atoms. The summed E-state index contributed by atoms with van der Waals surface area (Å²) in [6, 6.07) is 0. The van der Waals surface area contributed by atoms with Crippen molar-refractivity contribution >= 4 is 5.91 Å². The Hall–Kier alpha value is -0.610. The minimum atomic E-state index is 0.267. The van der Waals surface area contributed by atoms with Crippen molar-refractivity contribution in [3.05, 3.63) is 0 Å². The zero-order valence-electron chi connectivity index (χ0n) is 8.41. The summed E-state index contributed by atoms with van der Waals surface area (Å²) in [5, 5.41) is 0. The maximum Gasteiger partial charge on any atom is 0.223 e. The normalized spacial score (nSPS) is 28.0. The molecule has 0 spiro atoms. The summed E-state index contributed by atoms with van der Waals surface area (Å²) in [7, 11) is 0. The lowest BCUT2D eigenvalue weighted by atomic mass is 10.0. The fourth-order valence-corrected chi connectivity index (χ4v) is 1.93. The first-order chi connectivity index (χ1) is 6.86. The first kappa shape index (κ1) is 9.93. The first-order valence-electron chi connectivity index (χ1n) is 5.29. The third-order valence-electron chi connectivity index (χ3n) is 2.85. The number of nitrogens with zero attached hydrogens (tertiary/aromatic N) is 1. The Labute approximate surface area is 84.2 Å². The average molecular weight is 199 g/mol. The van der Waals surface area contributed by atoms with E-state index in [1.807, 2.05) is 4.90 Å². The van der Waals surface area contributed by atoms with Crippen LogP contribution in [0.4, 0.5) is 0 Å². The van der Waals surface area contributed by atoms with Gasteiger partial charge in [-0.2, -0.15) is 0 Å². The highest BCUT2D eigenvalue weighted by Gasteiger charge is 2.23. The van der Waals surface area contributed by atoms with Gasteiger partial charge in [-0.15, -0.1) is 0 Å². The quantitative estimate of drug-likeness (QED) is 0.641. The lowest BCUT2D eigenvalue weighted by Gasteiger charge is -2.27. The Bertz CT molecular complexity index is 196. The molecule has 0 aliphatic carbocycles. The predicted octanol–water partition coefficient (Wildman–Crippen LogP) is 0.272. The average Bonchev–Trinajstić information content (AvgIpc) is 2.72. The van der Waals surface area contributed by atoms with Crippen molar-refractivity contribution in [2.45, 2.75) is 12.8 Å². The standard InChI is InChI=1S/C10H17NO3/c12-10(7-9-1-4-14-8-9)11-2-5-13-6-3-11/h9H,1-8H2. The summed E-state index contributed by atoms with van der Waals surface area (Å²) in [4.78, 5) is 13.7. The van der Waals surface area contributed by atoms with E-state index in [0.717, 1.165) is 32.7 Å². The molecule has 0 aromatic carbocycles. The van der Waals surface area contributed by atoms with Crippen LogP contribution in [-0.4, -0.2) is 50.3 Å². The maximum absolute atomic E-state index is 11.8. The van der Waals surface area contributed by atoms with Crippen LogP contribution in [0.1, 0.15) is 12.8 Å². The molecule has 0 bridgehead atoms.